The number of nitrogens with one attached hydrogen (secondary N) is 1. The fourth-order valence-electron chi connectivity index (χ4n) is 1.64. The molecule has 2 heterocycles. The number of rotatable bonds is 3. The fraction of sp³-hybridized carbons (Fsp3) is 0.500. The molecule has 1 amide bonds. The smallest absolute Gasteiger partial charge is 0.307 e. The molecule has 0 aliphatic carbocycles. The number of hydrogen-bond acceptors (Lipinski definition) is 5. The van der Waals surface area contributed by atoms with Gasteiger partial charge in [0.05, 0.1) is 12.2 Å². The molecule has 0 bridgehead atoms. The number of fused-ring (bicyclic) bond motifs is 1. The average molecular weight is 223 g/mol. The molecule has 0 atom stereocenters. The molecule has 1 aromatic heterocycles. The summed E-state index contributed by atoms with van der Waals surface area (Å²) in [5.74, 6) is 0.376. The topological polar surface area (TPSA) is 75.4 Å². The summed E-state index contributed by atoms with van der Waals surface area (Å²) < 4.78 is 5.35. The van der Waals surface area contributed by atoms with E-state index in [0.717, 1.165) is 24.4 Å². The van der Waals surface area contributed by atoms with Crippen molar-refractivity contribution in [1.82, 2.24) is 15.2 Å². The predicted octanol–water partition coefficient (Wildman–Crippen LogP) is -0.409. The highest BCUT2D eigenvalue weighted by Gasteiger charge is 2.22. The zero-order valence-electron chi connectivity index (χ0n) is 9.02. The van der Waals surface area contributed by atoms with Crippen LogP contribution in [0.3, 0.4) is 0 Å². The first-order chi connectivity index (χ1) is 7.70. The van der Waals surface area contributed by atoms with Crippen LogP contribution in [0.25, 0.3) is 0 Å². The van der Waals surface area contributed by atoms with Crippen molar-refractivity contribution in [2.75, 3.05) is 20.1 Å². The highest BCUT2D eigenvalue weighted by Crippen LogP contribution is 2.18. The van der Waals surface area contributed by atoms with Crippen LogP contribution in [0.15, 0.2) is 4.42 Å². The maximum Gasteiger partial charge on any atom is 0.307 e. The van der Waals surface area contributed by atoms with Crippen LogP contribution < -0.4 is 5.32 Å². The van der Waals surface area contributed by atoms with Crippen LogP contribution in [0.4, 0.5) is 0 Å². The first-order valence-electron chi connectivity index (χ1n) is 5.09. The van der Waals surface area contributed by atoms with Gasteiger partial charge in [-0.15, -0.1) is 0 Å². The molecule has 2 rings (SSSR count). The molecule has 0 fully saturated rings. The molecule has 1 aliphatic rings. The van der Waals surface area contributed by atoms with Crippen LogP contribution in [0.5, 0.6) is 0 Å². The van der Waals surface area contributed by atoms with Gasteiger partial charge in [0, 0.05) is 19.5 Å². The lowest BCUT2D eigenvalue weighted by molar-refractivity contribution is -0.107. The minimum Gasteiger partial charge on any atom is -0.437 e. The van der Waals surface area contributed by atoms with E-state index in [4.69, 9.17) is 4.42 Å². The molecule has 0 unspecified atom stereocenters. The average Bonchev–Trinajstić information content (AvgIpc) is 2.68. The Morgan fingerprint density at radius 1 is 1.69 bits per heavy atom. The second kappa shape index (κ2) is 4.44. The number of amides is 1. The van der Waals surface area contributed by atoms with Gasteiger partial charge >= 0.3 is 5.91 Å². The monoisotopic (exact) mass is 223 g/mol. The maximum absolute atomic E-state index is 11.5. The molecule has 86 valence electrons. The minimum atomic E-state index is -0.441. The molecule has 16 heavy (non-hydrogen) atoms. The summed E-state index contributed by atoms with van der Waals surface area (Å²) in [6.07, 6.45) is 1.38. The Morgan fingerprint density at radius 3 is 3.25 bits per heavy atom. The molecule has 0 aromatic carbocycles. The van der Waals surface area contributed by atoms with Crippen molar-refractivity contribution in [2.45, 2.75) is 13.0 Å². The zero-order valence-corrected chi connectivity index (χ0v) is 9.02. The molecule has 0 spiro atoms. The van der Waals surface area contributed by atoms with Crippen molar-refractivity contribution >= 4 is 12.2 Å². The number of carbonyl (C=O) groups excluding carboxylic acids is 2. The van der Waals surface area contributed by atoms with Crippen molar-refractivity contribution in [3.8, 4) is 0 Å². The third-order valence-corrected chi connectivity index (χ3v) is 2.46. The van der Waals surface area contributed by atoms with Gasteiger partial charge in [0.15, 0.2) is 0 Å². The highest BCUT2D eigenvalue weighted by molar-refractivity contribution is 5.90. The van der Waals surface area contributed by atoms with Crippen LogP contribution in [-0.2, 0) is 17.8 Å². The molecule has 6 nitrogen and oxygen atoms in total. The molecule has 0 radical (unpaired) electrons. The number of carbonyl (C=O) groups is 2. The number of nitrogens with zero attached hydrogens (tertiary/aromatic N) is 2. The number of aromatic nitrogens is 1. The van der Waals surface area contributed by atoms with Gasteiger partial charge in [0.1, 0.15) is 12.0 Å². The first-order valence-corrected chi connectivity index (χ1v) is 5.09. The third-order valence-electron chi connectivity index (χ3n) is 2.46. The van der Waals surface area contributed by atoms with E-state index >= 15 is 0 Å². The normalized spacial score (nSPS) is 15.6. The number of hydrogen-bond donors (Lipinski definition) is 1. The second-order valence-electron chi connectivity index (χ2n) is 3.75. The van der Waals surface area contributed by atoms with Crippen LogP contribution in [0.1, 0.15) is 22.1 Å². The van der Waals surface area contributed by atoms with Crippen molar-refractivity contribution in [1.29, 1.82) is 0 Å². The fourth-order valence-corrected chi connectivity index (χ4v) is 1.64. The first kappa shape index (κ1) is 10.8. The zero-order chi connectivity index (χ0) is 11.5. The summed E-state index contributed by atoms with van der Waals surface area (Å²) in [4.78, 5) is 27.8. The summed E-state index contributed by atoms with van der Waals surface area (Å²) in [7, 11) is 1.99. The molecule has 0 saturated heterocycles. The van der Waals surface area contributed by atoms with Gasteiger partial charge in [-0.2, -0.15) is 0 Å². The van der Waals surface area contributed by atoms with Gasteiger partial charge in [0.25, 0.3) is 5.89 Å². The van der Waals surface area contributed by atoms with E-state index in [1.165, 1.54) is 0 Å². The second-order valence-corrected chi connectivity index (χ2v) is 3.75. The summed E-state index contributed by atoms with van der Waals surface area (Å²) in [5.41, 5.74) is 0.810. The van der Waals surface area contributed by atoms with E-state index in [-0.39, 0.29) is 12.4 Å². The summed E-state index contributed by atoms with van der Waals surface area (Å²) in [6, 6.07) is 0. The van der Waals surface area contributed by atoms with Crippen LogP contribution in [0, 0.1) is 0 Å². The number of likely N-dealkylation sites (N-methyl/N-ethyl adjacent to an activating group) is 1. The van der Waals surface area contributed by atoms with E-state index < -0.39 is 5.91 Å². The molecule has 0 saturated carbocycles. The number of aldehydes is 1. The third kappa shape index (κ3) is 2.11. The number of oxazole rings is 1. The van der Waals surface area contributed by atoms with Gasteiger partial charge in [-0.25, -0.2) is 4.98 Å². The molecule has 6 heteroatoms. The Balaban J connectivity index is 2.12. The lowest BCUT2D eigenvalue weighted by atomic mass is 10.2. The lowest BCUT2D eigenvalue weighted by Gasteiger charge is -2.19. The van der Waals surface area contributed by atoms with E-state index in [2.05, 4.69) is 15.2 Å². The molecule has 1 aromatic rings. The molecule has 1 N–H and O–H groups in total. The van der Waals surface area contributed by atoms with Gasteiger partial charge in [0.2, 0.25) is 0 Å². The molecule has 1 aliphatic heterocycles. The molecular weight excluding hydrogens is 210 g/mol. The van der Waals surface area contributed by atoms with Gasteiger partial charge in [-0.3, -0.25) is 9.69 Å². The van der Waals surface area contributed by atoms with E-state index in [0.29, 0.717) is 12.8 Å². The summed E-state index contributed by atoms with van der Waals surface area (Å²) in [6.45, 7) is 1.57. The Kier molecular flexibility index (Phi) is 3.00. The van der Waals surface area contributed by atoms with Gasteiger partial charge < -0.3 is 14.5 Å². The van der Waals surface area contributed by atoms with Gasteiger partial charge in [-0.1, -0.05) is 0 Å². The Bertz CT molecular complexity index is 413. The van der Waals surface area contributed by atoms with E-state index in [9.17, 15) is 9.59 Å². The van der Waals surface area contributed by atoms with Crippen LogP contribution in [0.2, 0.25) is 0 Å². The summed E-state index contributed by atoms with van der Waals surface area (Å²) >= 11 is 0. The van der Waals surface area contributed by atoms with Gasteiger partial charge in [-0.05, 0) is 7.05 Å². The van der Waals surface area contributed by atoms with Crippen molar-refractivity contribution in [2.24, 2.45) is 0 Å². The largest absolute Gasteiger partial charge is 0.437 e. The Labute approximate surface area is 92.6 Å². The standard InChI is InChI=1S/C10H13N3O3/c1-13-4-2-8-7(6-13)12-10(16-8)9(15)11-3-5-14/h5H,2-4,6H2,1H3,(H,11,15). The SMILES string of the molecule is CN1CCc2oc(C(=O)NCC=O)nc2C1. The van der Waals surface area contributed by atoms with E-state index in [1.54, 1.807) is 0 Å². The maximum atomic E-state index is 11.5. The van der Waals surface area contributed by atoms with Crippen LogP contribution >= 0.6 is 0 Å². The van der Waals surface area contributed by atoms with E-state index in [1.807, 2.05) is 7.05 Å². The van der Waals surface area contributed by atoms with Crippen molar-refractivity contribution in [3.63, 3.8) is 0 Å². The minimum absolute atomic E-state index is 0.0220. The van der Waals surface area contributed by atoms with Crippen LogP contribution in [-0.4, -0.2) is 42.2 Å². The predicted molar refractivity (Wildman–Crippen MR) is 54.9 cm³/mol. The highest BCUT2D eigenvalue weighted by atomic mass is 16.4. The Hall–Kier alpha value is -1.69. The molecular formula is C10H13N3O3. The Morgan fingerprint density at radius 2 is 2.50 bits per heavy atom. The summed E-state index contributed by atoms with van der Waals surface area (Å²) in [5, 5.41) is 2.39. The van der Waals surface area contributed by atoms with Crippen molar-refractivity contribution in [3.05, 3.63) is 17.3 Å². The quantitative estimate of drug-likeness (QED) is 0.705. The lowest BCUT2D eigenvalue weighted by Crippen LogP contribution is -2.26. The van der Waals surface area contributed by atoms with Crippen molar-refractivity contribution < 1.29 is 14.0 Å².